The first-order valence-electron chi connectivity index (χ1n) is 8.10. The number of phenols is 1. The third-order valence-electron chi connectivity index (χ3n) is 4.71. The van der Waals surface area contributed by atoms with Crippen molar-refractivity contribution in [2.24, 2.45) is 0 Å². The van der Waals surface area contributed by atoms with Gasteiger partial charge in [0.2, 0.25) is 0 Å². The number of aromatic hydroxyl groups is 1. The molecule has 0 amide bonds. The van der Waals surface area contributed by atoms with Crippen molar-refractivity contribution in [3.05, 3.63) is 23.8 Å². The topological polar surface area (TPSA) is 85.2 Å². The van der Waals surface area contributed by atoms with E-state index in [0.29, 0.717) is 17.9 Å². The van der Waals surface area contributed by atoms with Gasteiger partial charge in [0.25, 0.3) is 0 Å². The first kappa shape index (κ1) is 18.6. The molecule has 1 atom stereocenters. The van der Waals surface area contributed by atoms with Gasteiger partial charge in [0, 0.05) is 5.82 Å². The van der Waals surface area contributed by atoms with Crippen LogP contribution in [0, 0.1) is 0 Å². The second-order valence-corrected chi connectivity index (χ2v) is 6.99. The summed E-state index contributed by atoms with van der Waals surface area (Å²) in [6.45, 7) is 9.91. The molecule has 1 aliphatic heterocycles. The van der Waals surface area contributed by atoms with E-state index in [-0.39, 0.29) is 12.2 Å². The summed E-state index contributed by atoms with van der Waals surface area (Å²) in [7, 11) is -0.690. The molecule has 1 aromatic carbocycles. The van der Waals surface area contributed by atoms with Crippen LogP contribution in [-0.4, -0.2) is 41.1 Å². The zero-order valence-electron chi connectivity index (χ0n) is 14.8. The van der Waals surface area contributed by atoms with E-state index in [1.54, 1.807) is 12.1 Å². The van der Waals surface area contributed by atoms with E-state index in [4.69, 9.17) is 14.0 Å². The van der Waals surface area contributed by atoms with Gasteiger partial charge in [-0.3, -0.25) is 4.79 Å². The lowest BCUT2D eigenvalue weighted by Gasteiger charge is -2.32. The highest BCUT2D eigenvalue weighted by atomic mass is 16.7. The number of phenolic OH excluding ortho intramolecular Hbond substituents is 1. The van der Waals surface area contributed by atoms with Gasteiger partial charge in [0.15, 0.2) is 11.5 Å². The number of aliphatic carboxylic acids is 1. The van der Waals surface area contributed by atoms with Gasteiger partial charge in [-0.25, -0.2) is 0 Å². The lowest BCUT2D eigenvalue weighted by atomic mass is 9.66. The molecule has 1 aliphatic rings. The zero-order valence-corrected chi connectivity index (χ0v) is 14.8. The lowest BCUT2D eigenvalue weighted by Crippen LogP contribution is -2.41. The van der Waals surface area contributed by atoms with Gasteiger partial charge in [0.1, 0.15) is 0 Å². The average molecular weight is 336 g/mol. The first-order valence-corrected chi connectivity index (χ1v) is 8.10. The summed E-state index contributed by atoms with van der Waals surface area (Å²) in [6, 6.07) is 4.83. The molecule has 24 heavy (non-hydrogen) atoms. The molecule has 6 nitrogen and oxygen atoms in total. The molecule has 0 aliphatic carbocycles. The Morgan fingerprint density at radius 3 is 2.33 bits per heavy atom. The normalized spacial score (nSPS) is 20.0. The fourth-order valence-electron chi connectivity index (χ4n) is 2.64. The molecule has 1 fully saturated rings. The molecule has 1 saturated heterocycles. The molecule has 132 valence electrons. The first-order chi connectivity index (χ1) is 11.1. The van der Waals surface area contributed by atoms with Crippen molar-refractivity contribution in [1.82, 2.24) is 0 Å². The highest BCUT2D eigenvalue weighted by molar-refractivity contribution is 6.48. The third kappa shape index (κ3) is 3.67. The molecule has 0 aromatic heterocycles. The van der Waals surface area contributed by atoms with Crippen LogP contribution < -0.4 is 4.74 Å². The van der Waals surface area contributed by atoms with Crippen molar-refractivity contribution in [3.63, 3.8) is 0 Å². The van der Waals surface area contributed by atoms with Crippen LogP contribution in [0.2, 0.25) is 0 Å². The Labute approximate surface area is 142 Å². The minimum atomic E-state index is -0.944. The summed E-state index contributed by atoms with van der Waals surface area (Å²) in [4.78, 5) is 11.3. The maximum absolute atomic E-state index is 11.3. The minimum Gasteiger partial charge on any atom is -0.504 e. The fraction of sp³-hybridized carbons (Fsp3) is 0.588. The predicted octanol–water partition coefficient (Wildman–Crippen LogP) is 2.98. The molecule has 0 saturated carbocycles. The monoisotopic (exact) mass is 336 g/mol. The summed E-state index contributed by atoms with van der Waals surface area (Å²) in [6.07, 6.45) is -0.146. The second kappa shape index (κ2) is 6.65. The van der Waals surface area contributed by atoms with Crippen LogP contribution in [0.4, 0.5) is 0 Å². The molecular weight excluding hydrogens is 311 g/mol. The van der Waals surface area contributed by atoms with E-state index in [9.17, 15) is 15.0 Å². The fourth-order valence-corrected chi connectivity index (χ4v) is 2.64. The number of carboxylic acid groups (broad SMARTS) is 1. The van der Waals surface area contributed by atoms with E-state index in [0.717, 1.165) is 0 Å². The van der Waals surface area contributed by atoms with E-state index in [2.05, 4.69) is 0 Å². The number of benzene rings is 1. The Hall–Kier alpha value is -1.73. The van der Waals surface area contributed by atoms with E-state index in [1.807, 2.05) is 34.6 Å². The van der Waals surface area contributed by atoms with Gasteiger partial charge in [0.05, 0.1) is 24.2 Å². The smallest absolute Gasteiger partial charge is 0.466 e. The molecule has 7 heteroatoms. The lowest BCUT2D eigenvalue weighted by molar-refractivity contribution is -0.137. The van der Waals surface area contributed by atoms with Crippen LogP contribution in [0.3, 0.4) is 0 Å². The Bertz CT molecular complexity index is 597. The summed E-state index contributed by atoms with van der Waals surface area (Å²) >= 11 is 0. The zero-order chi connectivity index (χ0) is 18.1. The summed E-state index contributed by atoms with van der Waals surface area (Å²) in [5.74, 6) is -1.12. The van der Waals surface area contributed by atoms with Crippen LogP contribution in [0.1, 0.15) is 52.4 Å². The van der Waals surface area contributed by atoms with Gasteiger partial charge in [-0.05, 0) is 52.3 Å². The molecule has 0 spiro atoms. The van der Waals surface area contributed by atoms with Crippen LogP contribution in [0.25, 0.3) is 0 Å². The molecule has 2 N–H and O–H groups in total. The average Bonchev–Trinajstić information content (AvgIpc) is 2.67. The third-order valence-corrected chi connectivity index (χ3v) is 4.71. The standard InChI is InChI=1S/C17H25BO6/c1-6-22-14-9-11(7-8-13(14)19)12(10-15(20)21)18-23-16(2,3)17(4,5)24-18/h7-9,12,19H,6,10H2,1-5H3,(H,20,21). The number of hydrogen-bond donors (Lipinski definition) is 2. The molecular formula is C17H25BO6. The number of carbonyl (C=O) groups is 1. The SMILES string of the molecule is CCOc1cc(C(CC(=O)O)B2OC(C)(C)C(C)(C)O2)ccc1O. The molecule has 0 bridgehead atoms. The number of rotatable bonds is 6. The summed E-state index contributed by atoms with van der Waals surface area (Å²) in [5.41, 5.74) is -0.403. The van der Waals surface area contributed by atoms with Gasteiger partial charge >= 0.3 is 13.1 Å². The molecule has 0 radical (unpaired) electrons. The number of hydrogen-bond acceptors (Lipinski definition) is 5. The van der Waals surface area contributed by atoms with E-state index in [1.165, 1.54) is 6.07 Å². The van der Waals surface area contributed by atoms with Crippen molar-refractivity contribution in [3.8, 4) is 11.5 Å². The maximum Gasteiger partial charge on any atom is 0.466 e. The Kier molecular flexibility index (Phi) is 5.15. The van der Waals surface area contributed by atoms with E-state index < -0.39 is 30.1 Å². The van der Waals surface area contributed by atoms with Gasteiger partial charge in [-0.1, -0.05) is 6.07 Å². The maximum atomic E-state index is 11.3. The van der Waals surface area contributed by atoms with Crippen LogP contribution >= 0.6 is 0 Å². The minimum absolute atomic E-state index is 0.0172. The number of carboxylic acids is 1. The summed E-state index contributed by atoms with van der Waals surface area (Å²) in [5, 5.41) is 19.2. The van der Waals surface area contributed by atoms with Crippen molar-refractivity contribution in [2.75, 3.05) is 6.61 Å². The molecule has 1 heterocycles. The van der Waals surface area contributed by atoms with E-state index >= 15 is 0 Å². The second-order valence-electron chi connectivity index (χ2n) is 6.99. The largest absolute Gasteiger partial charge is 0.504 e. The van der Waals surface area contributed by atoms with Gasteiger partial charge < -0.3 is 24.3 Å². The molecule has 1 unspecified atom stereocenters. The van der Waals surface area contributed by atoms with Crippen LogP contribution in [0.5, 0.6) is 11.5 Å². The predicted molar refractivity (Wildman–Crippen MR) is 90.4 cm³/mol. The molecule has 2 rings (SSSR count). The van der Waals surface area contributed by atoms with Crippen molar-refractivity contribution in [1.29, 1.82) is 0 Å². The van der Waals surface area contributed by atoms with Crippen LogP contribution in [0.15, 0.2) is 18.2 Å². The van der Waals surface area contributed by atoms with Crippen molar-refractivity contribution < 1.29 is 29.1 Å². The Morgan fingerprint density at radius 2 is 1.83 bits per heavy atom. The van der Waals surface area contributed by atoms with Gasteiger partial charge in [-0.2, -0.15) is 0 Å². The summed E-state index contributed by atoms with van der Waals surface area (Å²) < 4.78 is 17.4. The Morgan fingerprint density at radius 1 is 1.25 bits per heavy atom. The van der Waals surface area contributed by atoms with Crippen molar-refractivity contribution in [2.45, 2.75) is 58.1 Å². The highest BCUT2D eigenvalue weighted by Gasteiger charge is 2.54. The number of ether oxygens (including phenoxy) is 1. The molecule has 1 aromatic rings. The highest BCUT2D eigenvalue weighted by Crippen LogP contribution is 2.42. The van der Waals surface area contributed by atoms with Crippen LogP contribution in [-0.2, 0) is 14.1 Å². The Balaban J connectivity index is 2.36. The van der Waals surface area contributed by atoms with Gasteiger partial charge in [-0.15, -0.1) is 0 Å². The quantitative estimate of drug-likeness (QED) is 0.777. The van der Waals surface area contributed by atoms with Crippen molar-refractivity contribution >= 4 is 13.1 Å².